The standard InChI is InChI=1S/C24H30N2O2/c1-2-5-21-18(4-1)8-9-19(21)10-13-25-20-11-14-26(15-12-20)22-6-3-7-23-24(22)28-17-16-27-23/h1-7,19-20,25H,8-17H2. The van der Waals surface area contributed by atoms with E-state index in [0.29, 0.717) is 19.3 Å². The molecule has 28 heavy (non-hydrogen) atoms. The quantitative estimate of drug-likeness (QED) is 0.848. The van der Waals surface area contributed by atoms with Crippen molar-refractivity contribution in [3.05, 3.63) is 53.6 Å². The topological polar surface area (TPSA) is 33.7 Å². The normalized spacial score (nSPS) is 21.6. The Balaban J connectivity index is 1.12. The van der Waals surface area contributed by atoms with Gasteiger partial charge < -0.3 is 19.7 Å². The molecule has 1 saturated heterocycles. The molecule has 0 radical (unpaired) electrons. The molecule has 2 aromatic carbocycles. The third kappa shape index (κ3) is 3.58. The summed E-state index contributed by atoms with van der Waals surface area (Å²) >= 11 is 0. The molecule has 1 atom stereocenters. The van der Waals surface area contributed by atoms with Gasteiger partial charge in [-0.1, -0.05) is 30.3 Å². The molecule has 1 aliphatic carbocycles. The zero-order chi connectivity index (χ0) is 18.8. The van der Waals surface area contributed by atoms with Gasteiger partial charge in [-0.2, -0.15) is 0 Å². The summed E-state index contributed by atoms with van der Waals surface area (Å²) in [6.07, 6.45) is 6.21. The van der Waals surface area contributed by atoms with Crippen LogP contribution in [-0.4, -0.2) is 38.9 Å². The fourth-order valence-corrected chi connectivity index (χ4v) is 5.04. The SMILES string of the molecule is c1ccc2c(c1)CCC2CCNC1CCN(c2cccc3c2OCCO3)CC1. The predicted molar refractivity (Wildman–Crippen MR) is 113 cm³/mol. The number of nitrogens with one attached hydrogen (secondary N) is 1. The Hall–Kier alpha value is -2.20. The summed E-state index contributed by atoms with van der Waals surface area (Å²) in [5, 5.41) is 3.83. The highest BCUT2D eigenvalue weighted by Crippen LogP contribution is 2.40. The van der Waals surface area contributed by atoms with Crippen LogP contribution in [0.1, 0.15) is 42.7 Å². The number of piperidine rings is 1. The molecule has 1 unspecified atom stereocenters. The minimum Gasteiger partial charge on any atom is -0.486 e. The van der Waals surface area contributed by atoms with Crippen LogP contribution < -0.4 is 19.7 Å². The van der Waals surface area contributed by atoms with Gasteiger partial charge in [0.2, 0.25) is 0 Å². The smallest absolute Gasteiger partial charge is 0.184 e. The second kappa shape index (κ2) is 8.04. The molecule has 4 nitrogen and oxygen atoms in total. The molecule has 3 aliphatic rings. The Kier molecular flexibility index (Phi) is 5.13. The van der Waals surface area contributed by atoms with Gasteiger partial charge in [-0.15, -0.1) is 0 Å². The average Bonchev–Trinajstić information content (AvgIpc) is 3.17. The van der Waals surface area contributed by atoms with E-state index < -0.39 is 0 Å². The van der Waals surface area contributed by atoms with Gasteiger partial charge in [0.25, 0.3) is 0 Å². The molecule has 0 aromatic heterocycles. The van der Waals surface area contributed by atoms with Gasteiger partial charge in [0.05, 0.1) is 5.69 Å². The van der Waals surface area contributed by atoms with E-state index in [1.54, 1.807) is 11.1 Å². The first-order chi connectivity index (χ1) is 13.9. The third-order valence-corrected chi connectivity index (χ3v) is 6.56. The molecule has 148 valence electrons. The van der Waals surface area contributed by atoms with Gasteiger partial charge >= 0.3 is 0 Å². The number of benzene rings is 2. The predicted octanol–water partition coefficient (Wildman–Crippen LogP) is 4.14. The maximum absolute atomic E-state index is 5.90. The van der Waals surface area contributed by atoms with E-state index in [-0.39, 0.29) is 0 Å². The average molecular weight is 379 g/mol. The fourth-order valence-electron chi connectivity index (χ4n) is 5.04. The highest BCUT2D eigenvalue weighted by atomic mass is 16.6. The summed E-state index contributed by atoms with van der Waals surface area (Å²) in [7, 11) is 0. The van der Waals surface area contributed by atoms with E-state index in [1.165, 1.54) is 37.8 Å². The molecule has 0 spiro atoms. The third-order valence-electron chi connectivity index (χ3n) is 6.56. The van der Waals surface area contributed by atoms with Crippen molar-refractivity contribution in [1.29, 1.82) is 0 Å². The summed E-state index contributed by atoms with van der Waals surface area (Å²) in [4.78, 5) is 2.46. The van der Waals surface area contributed by atoms with Gasteiger partial charge in [0.15, 0.2) is 11.5 Å². The van der Waals surface area contributed by atoms with Crippen LogP contribution in [-0.2, 0) is 6.42 Å². The molecule has 1 fully saturated rings. The Morgan fingerprint density at radius 3 is 2.71 bits per heavy atom. The van der Waals surface area contributed by atoms with Crippen molar-refractivity contribution in [2.75, 3.05) is 37.7 Å². The van der Waals surface area contributed by atoms with Crippen LogP contribution in [0.15, 0.2) is 42.5 Å². The Morgan fingerprint density at radius 1 is 0.929 bits per heavy atom. The second-order valence-electron chi connectivity index (χ2n) is 8.24. The summed E-state index contributed by atoms with van der Waals surface area (Å²) in [6.45, 7) is 4.56. The number of fused-ring (bicyclic) bond motifs is 2. The van der Waals surface area contributed by atoms with E-state index >= 15 is 0 Å². The number of hydrogen-bond acceptors (Lipinski definition) is 4. The van der Waals surface area contributed by atoms with E-state index in [4.69, 9.17) is 9.47 Å². The van der Waals surface area contributed by atoms with Crippen LogP contribution in [0.25, 0.3) is 0 Å². The molecule has 2 aliphatic heterocycles. The second-order valence-corrected chi connectivity index (χ2v) is 8.24. The molecule has 4 heteroatoms. The molecule has 0 saturated carbocycles. The summed E-state index contributed by atoms with van der Waals surface area (Å²) in [6, 6.07) is 15.9. The molecule has 0 bridgehead atoms. The van der Waals surface area contributed by atoms with Crippen molar-refractivity contribution < 1.29 is 9.47 Å². The van der Waals surface area contributed by atoms with Crippen molar-refractivity contribution in [3.63, 3.8) is 0 Å². The maximum atomic E-state index is 5.90. The number of ether oxygens (including phenoxy) is 2. The van der Waals surface area contributed by atoms with Crippen LogP contribution in [0.4, 0.5) is 5.69 Å². The lowest BCUT2D eigenvalue weighted by Gasteiger charge is -2.36. The summed E-state index contributed by atoms with van der Waals surface area (Å²) in [5.74, 6) is 2.57. The van der Waals surface area contributed by atoms with Crippen LogP contribution in [0.2, 0.25) is 0 Å². The van der Waals surface area contributed by atoms with Crippen LogP contribution in [0.3, 0.4) is 0 Å². The van der Waals surface area contributed by atoms with Gasteiger partial charge in [0, 0.05) is 19.1 Å². The number of hydrogen-bond donors (Lipinski definition) is 1. The van der Waals surface area contributed by atoms with Crippen molar-refractivity contribution in [1.82, 2.24) is 5.32 Å². The molecule has 2 heterocycles. The number of aryl methyl sites for hydroxylation is 1. The van der Waals surface area contributed by atoms with Crippen LogP contribution in [0.5, 0.6) is 11.5 Å². The Morgan fingerprint density at radius 2 is 1.79 bits per heavy atom. The van der Waals surface area contributed by atoms with Crippen molar-refractivity contribution in [3.8, 4) is 11.5 Å². The zero-order valence-electron chi connectivity index (χ0n) is 16.5. The molecular formula is C24H30N2O2. The van der Waals surface area contributed by atoms with Gasteiger partial charge in [-0.25, -0.2) is 0 Å². The van der Waals surface area contributed by atoms with Gasteiger partial charge in [0.1, 0.15) is 13.2 Å². The molecule has 0 amide bonds. The molecule has 2 aromatic rings. The number of para-hydroxylation sites is 1. The lowest BCUT2D eigenvalue weighted by atomic mass is 9.97. The summed E-state index contributed by atoms with van der Waals surface area (Å²) in [5.41, 5.74) is 4.35. The number of nitrogens with zero attached hydrogens (tertiary/aromatic N) is 1. The maximum Gasteiger partial charge on any atom is 0.184 e. The largest absolute Gasteiger partial charge is 0.486 e. The van der Waals surface area contributed by atoms with E-state index in [9.17, 15) is 0 Å². The number of rotatable bonds is 5. The monoisotopic (exact) mass is 378 g/mol. The summed E-state index contributed by atoms with van der Waals surface area (Å²) < 4.78 is 11.6. The van der Waals surface area contributed by atoms with E-state index in [1.807, 2.05) is 6.07 Å². The Labute approximate surface area is 167 Å². The van der Waals surface area contributed by atoms with Crippen molar-refractivity contribution in [2.45, 2.75) is 44.1 Å². The minimum atomic E-state index is 0.629. The van der Waals surface area contributed by atoms with Crippen molar-refractivity contribution >= 4 is 5.69 Å². The fraction of sp³-hybridized carbons (Fsp3) is 0.500. The molecular weight excluding hydrogens is 348 g/mol. The first-order valence-electron chi connectivity index (χ1n) is 10.8. The number of anilines is 1. The van der Waals surface area contributed by atoms with Crippen molar-refractivity contribution in [2.24, 2.45) is 0 Å². The lowest BCUT2D eigenvalue weighted by Crippen LogP contribution is -2.43. The first-order valence-corrected chi connectivity index (χ1v) is 10.8. The lowest BCUT2D eigenvalue weighted by molar-refractivity contribution is 0.172. The van der Waals surface area contributed by atoms with E-state index in [0.717, 1.165) is 37.1 Å². The van der Waals surface area contributed by atoms with Gasteiger partial charge in [-0.05, 0) is 67.8 Å². The zero-order valence-corrected chi connectivity index (χ0v) is 16.5. The first kappa shape index (κ1) is 17.9. The van der Waals surface area contributed by atoms with E-state index in [2.05, 4.69) is 46.6 Å². The highest BCUT2D eigenvalue weighted by Gasteiger charge is 2.25. The van der Waals surface area contributed by atoms with Crippen LogP contribution in [0, 0.1) is 0 Å². The molecule has 1 N–H and O–H groups in total. The van der Waals surface area contributed by atoms with Crippen LogP contribution >= 0.6 is 0 Å². The molecule has 5 rings (SSSR count). The highest BCUT2D eigenvalue weighted by molar-refractivity contribution is 5.65. The Bertz CT molecular complexity index is 814. The minimum absolute atomic E-state index is 0.629. The van der Waals surface area contributed by atoms with Gasteiger partial charge in [-0.3, -0.25) is 0 Å².